The minimum atomic E-state index is -3.68. The van der Waals surface area contributed by atoms with Crippen molar-refractivity contribution in [2.45, 2.75) is 31.2 Å². The molecule has 0 aliphatic carbocycles. The van der Waals surface area contributed by atoms with Gasteiger partial charge in [0.05, 0.1) is 17.7 Å². The van der Waals surface area contributed by atoms with Gasteiger partial charge in [0, 0.05) is 38.3 Å². The van der Waals surface area contributed by atoms with Gasteiger partial charge < -0.3 is 5.11 Å². The summed E-state index contributed by atoms with van der Waals surface area (Å²) in [7, 11) is -3.68. The maximum atomic E-state index is 12.2. The molecule has 1 saturated heterocycles. The second-order valence-corrected chi connectivity index (χ2v) is 9.70. The lowest BCUT2D eigenvalue weighted by Crippen LogP contribution is -2.48. The van der Waals surface area contributed by atoms with Crippen molar-refractivity contribution < 1.29 is 18.3 Å². The summed E-state index contributed by atoms with van der Waals surface area (Å²) < 4.78 is 22.7. The molecule has 3 rings (SSSR count). The number of aryl methyl sites for hydroxylation is 1. The van der Waals surface area contributed by atoms with E-state index in [2.05, 4.69) is 20.3 Å². The van der Waals surface area contributed by atoms with Crippen LogP contribution in [-0.2, 0) is 27.8 Å². The molecule has 10 heteroatoms. The number of nitrogens with two attached hydrogens (primary N) is 1. The lowest BCUT2D eigenvalue weighted by atomic mass is 10.1. The second kappa shape index (κ2) is 11.4. The number of aromatic hydroxyl groups is 1. The van der Waals surface area contributed by atoms with Crippen molar-refractivity contribution in [1.29, 1.82) is 0 Å². The van der Waals surface area contributed by atoms with Gasteiger partial charge in [-0.15, -0.1) is 0 Å². The third-order valence-electron chi connectivity index (χ3n) is 5.55. The Balaban J connectivity index is 1.42. The van der Waals surface area contributed by atoms with Gasteiger partial charge in [-0.05, 0) is 35.7 Å². The number of phenolic OH excluding ortho intramolecular Hbond substituents is 1. The quantitative estimate of drug-likeness (QED) is 0.372. The summed E-state index contributed by atoms with van der Waals surface area (Å²) in [4.78, 5) is 16.7. The number of rotatable bonds is 9. The van der Waals surface area contributed by atoms with Crippen molar-refractivity contribution in [3.05, 3.63) is 59.2 Å². The standard InChI is InChI=1S/C23H31N5O4S/c1-2-4-19-5-3-6-20(23(19)30)15-25-26-22(29)17-28-13-11-27(12-14-28)16-18-7-9-21(10-8-18)33(24,31)32/h3,5-10,15,30H,2,4,11-14,16-17H2,1H3,(H,26,29)(H2,24,31,32)/b25-15-. The summed E-state index contributed by atoms with van der Waals surface area (Å²) in [6.07, 6.45) is 3.18. The van der Waals surface area contributed by atoms with E-state index in [1.165, 1.54) is 18.3 Å². The average molecular weight is 474 g/mol. The molecule has 1 amide bonds. The maximum absolute atomic E-state index is 12.2. The van der Waals surface area contributed by atoms with E-state index in [-0.39, 0.29) is 23.1 Å². The first kappa shape index (κ1) is 24.8. The lowest BCUT2D eigenvalue weighted by molar-refractivity contribution is -0.122. The number of amides is 1. The minimum absolute atomic E-state index is 0.105. The molecular formula is C23H31N5O4S. The van der Waals surface area contributed by atoms with Crippen LogP contribution in [0, 0.1) is 0 Å². The highest BCUT2D eigenvalue weighted by molar-refractivity contribution is 7.89. The zero-order valence-corrected chi connectivity index (χ0v) is 19.6. The first-order valence-corrected chi connectivity index (χ1v) is 12.5. The molecule has 0 unspecified atom stereocenters. The minimum Gasteiger partial charge on any atom is -0.507 e. The van der Waals surface area contributed by atoms with Crippen LogP contribution in [0.4, 0.5) is 0 Å². The Morgan fingerprint density at radius 1 is 1.12 bits per heavy atom. The normalized spacial score (nSPS) is 15.7. The third-order valence-corrected chi connectivity index (χ3v) is 6.48. The number of primary sulfonamides is 1. The zero-order valence-electron chi connectivity index (χ0n) is 18.8. The van der Waals surface area contributed by atoms with E-state index < -0.39 is 10.0 Å². The summed E-state index contributed by atoms with van der Waals surface area (Å²) in [6, 6.07) is 12.1. The van der Waals surface area contributed by atoms with Crippen LogP contribution in [0.15, 0.2) is 52.5 Å². The predicted octanol–water partition coefficient (Wildman–Crippen LogP) is 1.26. The van der Waals surface area contributed by atoms with Crippen LogP contribution < -0.4 is 10.6 Å². The van der Waals surface area contributed by atoms with Crippen LogP contribution in [0.1, 0.15) is 30.0 Å². The van der Waals surface area contributed by atoms with Gasteiger partial charge in [0.2, 0.25) is 10.0 Å². The number of nitrogens with zero attached hydrogens (tertiary/aromatic N) is 3. The van der Waals surface area contributed by atoms with Crippen molar-refractivity contribution in [1.82, 2.24) is 15.2 Å². The molecular weight excluding hydrogens is 442 g/mol. The van der Waals surface area contributed by atoms with E-state index in [0.29, 0.717) is 12.1 Å². The average Bonchev–Trinajstić information content (AvgIpc) is 2.77. The Morgan fingerprint density at radius 3 is 2.42 bits per heavy atom. The highest BCUT2D eigenvalue weighted by Gasteiger charge is 2.19. The highest BCUT2D eigenvalue weighted by atomic mass is 32.2. The number of hydrazone groups is 1. The summed E-state index contributed by atoms with van der Waals surface area (Å²) in [5.41, 5.74) is 4.98. The summed E-state index contributed by atoms with van der Waals surface area (Å²) in [5.74, 6) is -0.00440. The predicted molar refractivity (Wildman–Crippen MR) is 127 cm³/mol. The fraction of sp³-hybridized carbons (Fsp3) is 0.391. The molecule has 4 N–H and O–H groups in total. The van der Waals surface area contributed by atoms with Crippen molar-refractivity contribution in [2.75, 3.05) is 32.7 Å². The monoisotopic (exact) mass is 473 g/mol. The zero-order chi connectivity index (χ0) is 23.8. The van der Waals surface area contributed by atoms with Gasteiger partial charge in [0.25, 0.3) is 5.91 Å². The molecule has 0 spiro atoms. The summed E-state index contributed by atoms with van der Waals surface area (Å²) in [6.45, 7) is 6.08. The maximum Gasteiger partial charge on any atom is 0.254 e. The Morgan fingerprint density at radius 2 is 1.79 bits per heavy atom. The molecule has 0 aromatic heterocycles. The van der Waals surface area contributed by atoms with Crippen molar-refractivity contribution in [3.63, 3.8) is 0 Å². The molecule has 9 nitrogen and oxygen atoms in total. The number of para-hydroxylation sites is 1. The smallest absolute Gasteiger partial charge is 0.254 e. The fourth-order valence-electron chi connectivity index (χ4n) is 3.75. The number of carbonyl (C=O) groups is 1. The van der Waals surface area contributed by atoms with E-state index in [9.17, 15) is 18.3 Å². The molecule has 0 bridgehead atoms. The molecule has 1 fully saturated rings. The topological polar surface area (TPSA) is 128 Å². The lowest BCUT2D eigenvalue weighted by Gasteiger charge is -2.34. The molecule has 1 aliphatic heterocycles. The molecule has 178 valence electrons. The van der Waals surface area contributed by atoms with E-state index in [4.69, 9.17) is 5.14 Å². The van der Waals surface area contributed by atoms with Gasteiger partial charge in [-0.1, -0.05) is 37.6 Å². The van der Waals surface area contributed by atoms with E-state index in [0.717, 1.165) is 50.1 Å². The molecule has 0 radical (unpaired) electrons. The first-order chi connectivity index (χ1) is 15.8. The Bertz CT molecular complexity index is 1080. The third kappa shape index (κ3) is 7.36. The first-order valence-electron chi connectivity index (χ1n) is 11.0. The molecule has 1 aliphatic rings. The molecule has 33 heavy (non-hydrogen) atoms. The van der Waals surface area contributed by atoms with Gasteiger partial charge in [-0.2, -0.15) is 5.10 Å². The summed E-state index contributed by atoms with van der Waals surface area (Å²) in [5, 5.41) is 19.4. The van der Waals surface area contributed by atoms with Crippen LogP contribution in [0.2, 0.25) is 0 Å². The van der Waals surface area contributed by atoms with Crippen molar-refractivity contribution in [2.24, 2.45) is 10.2 Å². The van der Waals surface area contributed by atoms with Gasteiger partial charge in [0.15, 0.2) is 0 Å². The number of sulfonamides is 1. The van der Waals surface area contributed by atoms with Crippen molar-refractivity contribution in [3.8, 4) is 5.75 Å². The molecule has 0 saturated carbocycles. The number of piperazine rings is 1. The molecule has 0 atom stereocenters. The van der Waals surface area contributed by atoms with E-state index in [1.54, 1.807) is 18.2 Å². The van der Waals surface area contributed by atoms with Crippen LogP contribution in [0.3, 0.4) is 0 Å². The largest absolute Gasteiger partial charge is 0.507 e. The Hall–Kier alpha value is -2.79. The van der Waals surface area contributed by atoms with Crippen LogP contribution in [-0.4, -0.2) is 68.2 Å². The Kier molecular flexibility index (Phi) is 8.56. The second-order valence-electron chi connectivity index (χ2n) is 8.14. The van der Waals surface area contributed by atoms with Crippen LogP contribution in [0.5, 0.6) is 5.75 Å². The number of hydrogen-bond donors (Lipinski definition) is 3. The fourth-order valence-corrected chi connectivity index (χ4v) is 4.26. The van der Waals surface area contributed by atoms with Crippen molar-refractivity contribution >= 4 is 22.1 Å². The number of nitrogens with one attached hydrogen (secondary N) is 1. The number of phenols is 1. The number of benzene rings is 2. The van der Waals surface area contributed by atoms with Crippen LogP contribution >= 0.6 is 0 Å². The summed E-state index contributed by atoms with van der Waals surface area (Å²) >= 11 is 0. The number of hydrogen-bond acceptors (Lipinski definition) is 7. The van der Waals surface area contributed by atoms with E-state index >= 15 is 0 Å². The van der Waals surface area contributed by atoms with Gasteiger partial charge in [-0.3, -0.25) is 14.6 Å². The molecule has 2 aromatic carbocycles. The molecule has 1 heterocycles. The van der Waals surface area contributed by atoms with Gasteiger partial charge in [0.1, 0.15) is 5.75 Å². The Labute approximate surface area is 194 Å². The number of carbonyl (C=O) groups excluding carboxylic acids is 1. The van der Waals surface area contributed by atoms with Gasteiger partial charge >= 0.3 is 0 Å². The van der Waals surface area contributed by atoms with Gasteiger partial charge in [-0.25, -0.2) is 19.0 Å². The van der Waals surface area contributed by atoms with Crippen LogP contribution in [0.25, 0.3) is 0 Å². The van der Waals surface area contributed by atoms with E-state index in [1.807, 2.05) is 19.1 Å². The SMILES string of the molecule is CCCc1cccc(/C=N\NC(=O)CN2CCN(Cc3ccc(S(N)(=O)=O)cc3)CC2)c1O. The highest BCUT2D eigenvalue weighted by Crippen LogP contribution is 2.22. The molecule has 2 aromatic rings.